The molecular formula is C12H16N2O4. The van der Waals surface area contributed by atoms with Crippen LogP contribution in [0.1, 0.15) is 30.6 Å². The zero-order valence-electron chi connectivity index (χ0n) is 10.3. The van der Waals surface area contributed by atoms with E-state index in [0.717, 1.165) is 0 Å². The van der Waals surface area contributed by atoms with E-state index in [4.69, 9.17) is 5.11 Å². The van der Waals surface area contributed by atoms with Crippen molar-refractivity contribution in [3.8, 4) is 0 Å². The zero-order chi connectivity index (χ0) is 13.8. The largest absolute Gasteiger partial charge is 0.481 e. The molecule has 0 aliphatic heterocycles. The minimum absolute atomic E-state index is 0.0218. The second kappa shape index (κ2) is 5.48. The number of hydrogen-bond acceptors (Lipinski definition) is 3. The van der Waals surface area contributed by atoms with Crippen LogP contribution in [0.25, 0.3) is 0 Å². The molecule has 1 rings (SSSR count). The highest BCUT2D eigenvalue weighted by Gasteiger charge is 2.31. The SMILES string of the molecule is CCC(C)(CNC(=O)c1ccc[nH]c1=O)C(=O)O. The van der Waals surface area contributed by atoms with Crippen molar-refractivity contribution in [2.75, 3.05) is 6.54 Å². The molecule has 6 heteroatoms. The second-order valence-electron chi connectivity index (χ2n) is 4.31. The van der Waals surface area contributed by atoms with Crippen LogP contribution in [-0.2, 0) is 4.79 Å². The number of rotatable bonds is 5. The highest BCUT2D eigenvalue weighted by molar-refractivity contribution is 5.94. The fraction of sp³-hybridized carbons (Fsp3) is 0.417. The van der Waals surface area contributed by atoms with E-state index in [1.807, 2.05) is 0 Å². The molecule has 0 saturated heterocycles. The molecule has 0 saturated carbocycles. The van der Waals surface area contributed by atoms with Crippen molar-refractivity contribution in [1.82, 2.24) is 10.3 Å². The Morgan fingerprint density at radius 3 is 2.67 bits per heavy atom. The number of aromatic nitrogens is 1. The summed E-state index contributed by atoms with van der Waals surface area (Å²) in [6, 6.07) is 2.92. The summed E-state index contributed by atoms with van der Waals surface area (Å²) in [5.74, 6) is -1.55. The Morgan fingerprint density at radius 2 is 2.17 bits per heavy atom. The van der Waals surface area contributed by atoms with Crippen LogP contribution in [0.3, 0.4) is 0 Å². The number of carbonyl (C=O) groups is 2. The number of carbonyl (C=O) groups excluding carboxylic acids is 1. The summed E-state index contributed by atoms with van der Waals surface area (Å²) in [7, 11) is 0. The fourth-order valence-corrected chi connectivity index (χ4v) is 1.32. The van der Waals surface area contributed by atoms with Crippen molar-refractivity contribution in [3.63, 3.8) is 0 Å². The molecule has 0 aliphatic rings. The summed E-state index contributed by atoms with van der Waals surface area (Å²) in [6.07, 6.45) is 1.81. The molecular weight excluding hydrogens is 236 g/mol. The Hall–Kier alpha value is -2.11. The smallest absolute Gasteiger partial charge is 0.311 e. The van der Waals surface area contributed by atoms with Crippen LogP contribution in [-0.4, -0.2) is 28.5 Å². The molecule has 0 bridgehead atoms. The quantitative estimate of drug-likeness (QED) is 0.714. The van der Waals surface area contributed by atoms with Gasteiger partial charge in [0.1, 0.15) is 5.56 Å². The van der Waals surface area contributed by atoms with Gasteiger partial charge in [-0.25, -0.2) is 0 Å². The average molecular weight is 252 g/mol. The first kappa shape index (κ1) is 14.0. The molecule has 0 aromatic carbocycles. The van der Waals surface area contributed by atoms with Crippen molar-refractivity contribution < 1.29 is 14.7 Å². The highest BCUT2D eigenvalue weighted by Crippen LogP contribution is 2.19. The topological polar surface area (TPSA) is 99.3 Å². The molecule has 1 amide bonds. The number of aromatic amines is 1. The van der Waals surface area contributed by atoms with E-state index in [9.17, 15) is 14.4 Å². The maximum absolute atomic E-state index is 11.7. The van der Waals surface area contributed by atoms with E-state index in [1.54, 1.807) is 13.8 Å². The molecule has 1 unspecified atom stereocenters. The fourth-order valence-electron chi connectivity index (χ4n) is 1.32. The molecule has 6 nitrogen and oxygen atoms in total. The van der Waals surface area contributed by atoms with Crippen molar-refractivity contribution >= 4 is 11.9 Å². The van der Waals surface area contributed by atoms with Crippen molar-refractivity contribution in [2.24, 2.45) is 5.41 Å². The van der Waals surface area contributed by atoms with Gasteiger partial charge >= 0.3 is 5.97 Å². The van der Waals surface area contributed by atoms with E-state index >= 15 is 0 Å². The number of hydrogen-bond donors (Lipinski definition) is 3. The van der Waals surface area contributed by atoms with Gasteiger partial charge in [0.05, 0.1) is 5.41 Å². The lowest BCUT2D eigenvalue weighted by molar-refractivity contribution is -0.147. The average Bonchev–Trinajstić information content (AvgIpc) is 2.35. The van der Waals surface area contributed by atoms with E-state index in [1.165, 1.54) is 18.3 Å². The molecule has 1 atom stereocenters. The van der Waals surface area contributed by atoms with Gasteiger partial charge in [0, 0.05) is 12.7 Å². The number of aliphatic carboxylic acids is 1. The predicted octanol–water partition coefficient (Wildman–Crippen LogP) is 0.606. The number of carboxylic acids is 1. The summed E-state index contributed by atoms with van der Waals surface area (Å²) in [4.78, 5) is 36.5. The standard InChI is InChI=1S/C12H16N2O4/c1-3-12(2,11(17)18)7-14-10(16)8-5-4-6-13-9(8)15/h4-6H,3,7H2,1-2H3,(H,13,15)(H,14,16)(H,17,18). The molecule has 18 heavy (non-hydrogen) atoms. The third-order valence-electron chi connectivity index (χ3n) is 3.00. The first-order valence-electron chi connectivity index (χ1n) is 5.60. The number of H-pyrrole nitrogens is 1. The molecule has 0 fully saturated rings. The van der Waals surface area contributed by atoms with E-state index in [2.05, 4.69) is 10.3 Å². The Bertz CT molecular complexity index is 509. The van der Waals surface area contributed by atoms with Crippen molar-refractivity contribution in [2.45, 2.75) is 20.3 Å². The Labute approximate surface area is 104 Å². The molecule has 1 heterocycles. The van der Waals surface area contributed by atoms with E-state index in [0.29, 0.717) is 6.42 Å². The lowest BCUT2D eigenvalue weighted by Crippen LogP contribution is -2.41. The minimum Gasteiger partial charge on any atom is -0.481 e. The lowest BCUT2D eigenvalue weighted by atomic mass is 9.87. The third kappa shape index (κ3) is 2.97. The number of carboxylic acid groups (broad SMARTS) is 1. The van der Waals surface area contributed by atoms with Crippen LogP contribution in [0.2, 0.25) is 0 Å². The molecule has 3 N–H and O–H groups in total. The predicted molar refractivity (Wildman–Crippen MR) is 65.4 cm³/mol. The molecule has 98 valence electrons. The van der Waals surface area contributed by atoms with Gasteiger partial charge in [0.25, 0.3) is 11.5 Å². The maximum Gasteiger partial charge on any atom is 0.311 e. The Morgan fingerprint density at radius 1 is 1.50 bits per heavy atom. The summed E-state index contributed by atoms with van der Waals surface area (Å²) < 4.78 is 0. The summed E-state index contributed by atoms with van der Waals surface area (Å²) in [5.41, 5.74) is -1.55. The number of nitrogens with one attached hydrogen (secondary N) is 2. The van der Waals surface area contributed by atoms with Gasteiger partial charge in [-0.15, -0.1) is 0 Å². The van der Waals surface area contributed by atoms with E-state index in [-0.39, 0.29) is 12.1 Å². The van der Waals surface area contributed by atoms with Gasteiger partial charge in [0.15, 0.2) is 0 Å². The molecule has 1 aromatic heterocycles. The van der Waals surface area contributed by atoms with Crippen LogP contribution >= 0.6 is 0 Å². The van der Waals surface area contributed by atoms with Crippen LogP contribution in [0, 0.1) is 5.41 Å². The van der Waals surface area contributed by atoms with Gasteiger partial charge in [-0.3, -0.25) is 14.4 Å². The normalized spacial score (nSPS) is 13.7. The van der Waals surface area contributed by atoms with E-state index < -0.39 is 22.9 Å². The van der Waals surface area contributed by atoms with Gasteiger partial charge < -0.3 is 15.4 Å². The van der Waals surface area contributed by atoms with Gasteiger partial charge in [0.2, 0.25) is 0 Å². The van der Waals surface area contributed by atoms with Crippen LogP contribution in [0.4, 0.5) is 0 Å². The summed E-state index contributed by atoms with van der Waals surface area (Å²) in [6.45, 7) is 3.26. The van der Waals surface area contributed by atoms with Gasteiger partial charge in [-0.1, -0.05) is 6.92 Å². The zero-order valence-corrected chi connectivity index (χ0v) is 10.3. The first-order chi connectivity index (χ1) is 8.40. The minimum atomic E-state index is -1.03. The third-order valence-corrected chi connectivity index (χ3v) is 3.00. The van der Waals surface area contributed by atoms with Gasteiger partial charge in [-0.05, 0) is 25.5 Å². The van der Waals surface area contributed by atoms with Crippen LogP contribution in [0.15, 0.2) is 23.1 Å². The second-order valence-corrected chi connectivity index (χ2v) is 4.31. The first-order valence-corrected chi connectivity index (χ1v) is 5.60. The summed E-state index contributed by atoms with van der Waals surface area (Å²) in [5, 5.41) is 11.5. The lowest BCUT2D eigenvalue weighted by Gasteiger charge is -2.23. The Kier molecular flexibility index (Phi) is 4.25. The van der Waals surface area contributed by atoms with Gasteiger partial charge in [-0.2, -0.15) is 0 Å². The molecule has 0 radical (unpaired) electrons. The molecule has 1 aromatic rings. The maximum atomic E-state index is 11.7. The van der Waals surface area contributed by atoms with Crippen LogP contribution in [0.5, 0.6) is 0 Å². The molecule has 0 aliphatic carbocycles. The van der Waals surface area contributed by atoms with Crippen LogP contribution < -0.4 is 10.9 Å². The number of pyridine rings is 1. The van der Waals surface area contributed by atoms with Crippen molar-refractivity contribution in [3.05, 3.63) is 34.2 Å². The molecule has 0 spiro atoms. The monoisotopic (exact) mass is 252 g/mol. The Balaban J connectivity index is 2.76. The summed E-state index contributed by atoms with van der Waals surface area (Å²) >= 11 is 0. The van der Waals surface area contributed by atoms with Crippen molar-refractivity contribution in [1.29, 1.82) is 0 Å². The highest BCUT2D eigenvalue weighted by atomic mass is 16.4. The number of amides is 1.